The highest BCUT2D eigenvalue weighted by Crippen LogP contribution is 2.30. The van der Waals surface area contributed by atoms with Gasteiger partial charge < -0.3 is 15.5 Å². The van der Waals surface area contributed by atoms with Crippen LogP contribution < -0.4 is 10.6 Å². The third-order valence-electron chi connectivity index (χ3n) is 3.52. The molecule has 1 fully saturated rings. The van der Waals surface area contributed by atoms with Crippen LogP contribution in [0.1, 0.15) is 37.0 Å². The second kappa shape index (κ2) is 7.26. The Kier molecular flexibility index (Phi) is 5.36. The molecule has 1 aromatic rings. The van der Waals surface area contributed by atoms with Crippen molar-refractivity contribution in [1.82, 2.24) is 10.2 Å². The number of nitrogens with one attached hydrogen (secondary N) is 2. The number of anilines is 1. The number of rotatable bonds is 6. The summed E-state index contributed by atoms with van der Waals surface area (Å²) in [6, 6.07) is 6.76. The van der Waals surface area contributed by atoms with Gasteiger partial charge in [0, 0.05) is 30.3 Å². The first-order valence-corrected chi connectivity index (χ1v) is 7.82. The Hall–Kier alpha value is -2.37. The molecule has 2 N–H and O–H groups in total. The fraction of sp³-hybridized carbons (Fsp3) is 0.471. The minimum Gasteiger partial charge on any atom is -0.352 e. The summed E-state index contributed by atoms with van der Waals surface area (Å²) in [4.78, 5) is 37.0. The largest absolute Gasteiger partial charge is 0.352 e. The van der Waals surface area contributed by atoms with Crippen molar-refractivity contribution in [2.24, 2.45) is 5.92 Å². The van der Waals surface area contributed by atoms with E-state index in [0.717, 1.165) is 12.8 Å². The molecular formula is C17H23N3O3. The van der Waals surface area contributed by atoms with E-state index in [9.17, 15) is 14.4 Å². The van der Waals surface area contributed by atoms with Crippen LogP contribution >= 0.6 is 0 Å². The van der Waals surface area contributed by atoms with Gasteiger partial charge in [-0.1, -0.05) is 0 Å². The molecule has 1 aromatic carbocycles. The van der Waals surface area contributed by atoms with Crippen molar-refractivity contribution < 1.29 is 14.4 Å². The maximum atomic E-state index is 12.3. The van der Waals surface area contributed by atoms with Crippen LogP contribution in [0.15, 0.2) is 24.3 Å². The number of carbonyl (C=O) groups is 3. The van der Waals surface area contributed by atoms with E-state index >= 15 is 0 Å². The lowest BCUT2D eigenvalue weighted by molar-refractivity contribution is -0.122. The zero-order valence-corrected chi connectivity index (χ0v) is 13.8. The van der Waals surface area contributed by atoms with Crippen molar-refractivity contribution >= 4 is 23.4 Å². The summed E-state index contributed by atoms with van der Waals surface area (Å²) < 4.78 is 0. The number of carbonyl (C=O) groups excluding carboxylic acids is 3. The summed E-state index contributed by atoms with van der Waals surface area (Å²) in [5, 5.41) is 5.57. The molecule has 0 saturated heterocycles. The molecule has 0 bridgehead atoms. The Morgan fingerprint density at radius 2 is 1.78 bits per heavy atom. The third kappa shape index (κ3) is 5.09. The van der Waals surface area contributed by atoms with E-state index in [1.54, 1.807) is 31.3 Å². The Labute approximate surface area is 136 Å². The summed E-state index contributed by atoms with van der Waals surface area (Å²) in [6.45, 7) is 3.75. The standard InChI is InChI=1S/C17H23N3O3/c1-11(2)18-15(21)10-20(3)17(23)13-6-8-14(9-7-13)19-16(22)12-4-5-12/h6-9,11-12H,4-5,10H2,1-3H3,(H,18,21)(H,19,22). The number of benzene rings is 1. The topological polar surface area (TPSA) is 78.5 Å². The first-order valence-electron chi connectivity index (χ1n) is 7.82. The molecule has 23 heavy (non-hydrogen) atoms. The monoisotopic (exact) mass is 317 g/mol. The smallest absolute Gasteiger partial charge is 0.254 e. The average Bonchev–Trinajstić information content (AvgIpc) is 3.30. The van der Waals surface area contributed by atoms with Gasteiger partial charge in [-0.3, -0.25) is 14.4 Å². The zero-order valence-electron chi connectivity index (χ0n) is 13.8. The van der Waals surface area contributed by atoms with E-state index < -0.39 is 0 Å². The summed E-state index contributed by atoms with van der Waals surface area (Å²) >= 11 is 0. The van der Waals surface area contributed by atoms with Crippen LogP contribution in [0.4, 0.5) is 5.69 Å². The highest BCUT2D eigenvalue weighted by atomic mass is 16.2. The number of hydrogen-bond donors (Lipinski definition) is 2. The Balaban J connectivity index is 1.90. The van der Waals surface area contributed by atoms with Crippen molar-refractivity contribution in [1.29, 1.82) is 0 Å². The van der Waals surface area contributed by atoms with Crippen LogP contribution in [-0.4, -0.2) is 42.3 Å². The van der Waals surface area contributed by atoms with Crippen LogP contribution in [-0.2, 0) is 9.59 Å². The fourth-order valence-corrected chi connectivity index (χ4v) is 2.16. The molecule has 6 heteroatoms. The number of hydrogen-bond acceptors (Lipinski definition) is 3. The van der Waals surface area contributed by atoms with Crippen LogP contribution in [0.25, 0.3) is 0 Å². The van der Waals surface area contributed by atoms with Crippen molar-refractivity contribution in [3.63, 3.8) is 0 Å². The van der Waals surface area contributed by atoms with Crippen molar-refractivity contribution in [3.8, 4) is 0 Å². The van der Waals surface area contributed by atoms with Crippen LogP contribution in [0.2, 0.25) is 0 Å². The molecule has 0 radical (unpaired) electrons. The van der Waals surface area contributed by atoms with Gasteiger partial charge in [0.25, 0.3) is 5.91 Å². The highest BCUT2D eigenvalue weighted by molar-refractivity contribution is 5.98. The van der Waals surface area contributed by atoms with E-state index in [1.807, 2.05) is 13.8 Å². The number of amides is 3. The second-order valence-corrected chi connectivity index (χ2v) is 6.22. The molecule has 0 unspecified atom stereocenters. The Bertz CT molecular complexity index is 592. The molecule has 0 heterocycles. The van der Waals surface area contributed by atoms with Crippen molar-refractivity contribution in [2.75, 3.05) is 18.9 Å². The average molecular weight is 317 g/mol. The quantitative estimate of drug-likeness (QED) is 0.837. The van der Waals surface area contributed by atoms with Crippen LogP contribution in [0.5, 0.6) is 0 Å². The summed E-state index contributed by atoms with van der Waals surface area (Å²) in [5.74, 6) is -0.249. The summed E-state index contributed by atoms with van der Waals surface area (Å²) in [5.41, 5.74) is 1.16. The maximum absolute atomic E-state index is 12.3. The highest BCUT2D eigenvalue weighted by Gasteiger charge is 2.29. The molecule has 0 spiro atoms. The molecule has 1 aliphatic carbocycles. The van der Waals surface area contributed by atoms with E-state index in [4.69, 9.17) is 0 Å². The lowest BCUT2D eigenvalue weighted by Crippen LogP contribution is -2.40. The predicted molar refractivity (Wildman–Crippen MR) is 88.0 cm³/mol. The van der Waals surface area contributed by atoms with Gasteiger partial charge in [0.1, 0.15) is 0 Å². The molecular weight excluding hydrogens is 294 g/mol. The van der Waals surface area contributed by atoms with Crippen molar-refractivity contribution in [2.45, 2.75) is 32.7 Å². The predicted octanol–water partition coefficient (Wildman–Crippen LogP) is 1.63. The lowest BCUT2D eigenvalue weighted by atomic mass is 10.1. The normalized spacial score (nSPS) is 13.6. The number of nitrogens with zero attached hydrogens (tertiary/aromatic N) is 1. The van der Waals surface area contributed by atoms with Crippen LogP contribution in [0, 0.1) is 5.92 Å². The molecule has 124 valence electrons. The van der Waals surface area contributed by atoms with Crippen molar-refractivity contribution in [3.05, 3.63) is 29.8 Å². The van der Waals surface area contributed by atoms with Gasteiger partial charge in [-0.25, -0.2) is 0 Å². The molecule has 0 aromatic heterocycles. The minimum atomic E-state index is -0.232. The zero-order chi connectivity index (χ0) is 17.0. The van der Waals surface area contributed by atoms with E-state index in [1.165, 1.54) is 4.90 Å². The maximum Gasteiger partial charge on any atom is 0.254 e. The molecule has 1 saturated carbocycles. The Morgan fingerprint density at radius 3 is 2.30 bits per heavy atom. The van der Waals surface area contributed by atoms with Gasteiger partial charge in [-0.05, 0) is 51.0 Å². The molecule has 6 nitrogen and oxygen atoms in total. The summed E-state index contributed by atoms with van der Waals surface area (Å²) in [6.07, 6.45) is 1.90. The summed E-state index contributed by atoms with van der Waals surface area (Å²) in [7, 11) is 1.59. The molecule has 2 rings (SSSR count). The van der Waals surface area contributed by atoms with Gasteiger partial charge >= 0.3 is 0 Å². The molecule has 3 amide bonds. The van der Waals surface area contributed by atoms with Gasteiger partial charge in [0.15, 0.2) is 0 Å². The first-order chi connectivity index (χ1) is 10.9. The molecule has 0 aliphatic heterocycles. The Morgan fingerprint density at radius 1 is 1.17 bits per heavy atom. The first kappa shape index (κ1) is 17.0. The van der Waals surface area contributed by atoms with Gasteiger partial charge in [-0.2, -0.15) is 0 Å². The van der Waals surface area contributed by atoms with Gasteiger partial charge in [0.2, 0.25) is 11.8 Å². The molecule has 0 atom stereocenters. The molecule has 1 aliphatic rings. The second-order valence-electron chi connectivity index (χ2n) is 6.22. The van der Waals surface area contributed by atoms with Crippen LogP contribution in [0.3, 0.4) is 0 Å². The SMILES string of the molecule is CC(C)NC(=O)CN(C)C(=O)c1ccc(NC(=O)C2CC2)cc1. The van der Waals surface area contributed by atoms with E-state index in [0.29, 0.717) is 11.3 Å². The third-order valence-corrected chi connectivity index (χ3v) is 3.52. The minimum absolute atomic E-state index is 0.0111. The van der Waals surface area contributed by atoms with E-state index in [-0.39, 0.29) is 36.2 Å². The van der Waals surface area contributed by atoms with Gasteiger partial charge in [-0.15, -0.1) is 0 Å². The van der Waals surface area contributed by atoms with Gasteiger partial charge in [0.05, 0.1) is 6.54 Å². The fourth-order valence-electron chi connectivity index (χ4n) is 2.16. The lowest BCUT2D eigenvalue weighted by Gasteiger charge is -2.18. The number of likely N-dealkylation sites (N-methyl/N-ethyl adjacent to an activating group) is 1. The van der Waals surface area contributed by atoms with E-state index in [2.05, 4.69) is 10.6 Å².